The number of ether oxygens (including phenoxy) is 2. The Hall–Kier alpha value is -3.48. The Morgan fingerprint density at radius 1 is 1.03 bits per heavy atom. The van der Waals surface area contributed by atoms with Crippen molar-refractivity contribution in [2.45, 2.75) is 12.8 Å². The van der Waals surface area contributed by atoms with Crippen molar-refractivity contribution in [1.29, 1.82) is 0 Å². The Morgan fingerprint density at radius 3 is 2.40 bits per heavy atom. The van der Waals surface area contributed by atoms with Gasteiger partial charge in [-0.2, -0.15) is 0 Å². The van der Waals surface area contributed by atoms with Crippen molar-refractivity contribution < 1.29 is 23.0 Å². The zero-order valence-corrected chi connectivity index (χ0v) is 16.8. The molecule has 0 spiro atoms. The van der Waals surface area contributed by atoms with Crippen molar-refractivity contribution in [2.75, 3.05) is 25.7 Å². The fourth-order valence-electron chi connectivity index (χ4n) is 2.89. The number of aromatic nitrogens is 1. The number of hydrogen-bond donors (Lipinski definition) is 0. The van der Waals surface area contributed by atoms with Gasteiger partial charge in [0.1, 0.15) is 5.82 Å². The van der Waals surface area contributed by atoms with Crippen molar-refractivity contribution in [3.8, 4) is 17.0 Å². The minimum absolute atomic E-state index is 0.00209. The lowest BCUT2D eigenvalue weighted by atomic mass is 10.1. The van der Waals surface area contributed by atoms with Crippen molar-refractivity contribution >= 4 is 17.5 Å². The molecular formula is C23H22F2N2O3. The van der Waals surface area contributed by atoms with Gasteiger partial charge in [0.2, 0.25) is 0 Å². The summed E-state index contributed by atoms with van der Waals surface area (Å²) in [6, 6.07) is 17.3. The minimum atomic E-state index is -0.827. The average molecular weight is 412 g/mol. The van der Waals surface area contributed by atoms with Crippen LogP contribution in [0.3, 0.4) is 0 Å². The molecule has 0 radical (unpaired) electrons. The molecule has 30 heavy (non-hydrogen) atoms. The van der Waals surface area contributed by atoms with E-state index in [0.717, 1.165) is 5.69 Å². The Balaban J connectivity index is 1.77. The fraction of sp³-hybridized carbons (Fsp3) is 0.217. The Morgan fingerprint density at radius 2 is 1.73 bits per heavy atom. The normalized spacial score (nSPS) is 10.5. The molecule has 156 valence electrons. The monoisotopic (exact) mass is 412 g/mol. The molecule has 0 saturated heterocycles. The van der Waals surface area contributed by atoms with Gasteiger partial charge in [0, 0.05) is 24.7 Å². The smallest absolute Gasteiger partial charge is 0.305 e. The molecule has 0 fully saturated rings. The van der Waals surface area contributed by atoms with Gasteiger partial charge in [0.15, 0.2) is 17.4 Å². The molecule has 0 aliphatic carbocycles. The number of carbonyl (C=O) groups is 1. The van der Waals surface area contributed by atoms with Gasteiger partial charge in [-0.3, -0.25) is 4.79 Å². The molecule has 3 rings (SSSR count). The van der Waals surface area contributed by atoms with Gasteiger partial charge in [-0.25, -0.2) is 13.8 Å². The average Bonchev–Trinajstić information content (AvgIpc) is 2.77. The van der Waals surface area contributed by atoms with Crippen LogP contribution in [0.25, 0.3) is 11.3 Å². The summed E-state index contributed by atoms with van der Waals surface area (Å²) in [6.45, 7) is -0.00209. The summed E-state index contributed by atoms with van der Waals surface area (Å²) in [5, 5.41) is 0. The third-order valence-electron chi connectivity index (χ3n) is 4.51. The van der Waals surface area contributed by atoms with E-state index in [1.807, 2.05) is 48.3 Å². The largest absolute Gasteiger partial charge is 0.488 e. The molecule has 1 aromatic heterocycles. The molecule has 0 aliphatic rings. The van der Waals surface area contributed by atoms with E-state index in [0.29, 0.717) is 23.5 Å². The van der Waals surface area contributed by atoms with Gasteiger partial charge in [0.25, 0.3) is 0 Å². The SMILES string of the molecule is COC(=O)CCCOc1c(F)cc(-c2cccc(N(C)c3ccccc3)n2)cc1F. The Labute approximate surface area is 173 Å². The summed E-state index contributed by atoms with van der Waals surface area (Å²) in [7, 11) is 3.15. The van der Waals surface area contributed by atoms with Crippen LogP contribution in [-0.2, 0) is 9.53 Å². The fourth-order valence-corrected chi connectivity index (χ4v) is 2.89. The lowest BCUT2D eigenvalue weighted by Crippen LogP contribution is -2.11. The summed E-state index contributed by atoms with van der Waals surface area (Å²) in [5.41, 5.74) is 1.68. The van der Waals surface area contributed by atoms with Crippen LogP contribution in [0.5, 0.6) is 5.75 Å². The highest BCUT2D eigenvalue weighted by molar-refractivity contribution is 5.69. The van der Waals surface area contributed by atoms with Gasteiger partial charge in [0.05, 0.1) is 19.4 Å². The first kappa shape index (κ1) is 21.2. The topological polar surface area (TPSA) is 51.7 Å². The quantitative estimate of drug-likeness (QED) is 0.379. The lowest BCUT2D eigenvalue weighted by molar-refractivity contribution is -0.140. The molecule has 0 aliphatic heterocycles. The molecule has 0 saturated carbocycles. The van der Waals surface area contributed by atoms with Gasteiger partial charge in [-0.05, 0) is 42.8 Å². The first-order chi connectivity index (χ1) is 14.5. The van der Waals surface area contributed by atoms with Crippen molar-refractivity contribution in [2.24, 2.45) is 0 Å². The van der Waals surface area contributed by atoms with Crippen LogP contribution in [0.4, 0.5) is 20.3 Å². The maximum atomic E-state index is 14.5. The second kappa shape index (κ2) is 9.82. The molecule has 0 atom stereocenters. The number of rotatable bonds is 8. The van der Waals surface area contributed by atoms with E-state index in [1.165, 1.54) is 19.2 Å². The molecule has 3 aromatic rings. The van der Waals surface area contributed by atoms with Crippen molar-refractivity contribution in [1.82, 2.24) is 4.98 Å². The van der Waals surface area contributed by atoms with Crippen LogP contribution >= 0.6 is 0 Å². The predicted octanol–water partition coefficient (Wildman–Crippen LogP) is 5.13. The van der Waals surface area contributed by atoms with E-state index < -0.39 is 23.4 Å². The van der Waals surface area contributed by atoms with Crippen LogP contribution in [0.1, 0.15) is 12.8 Å². The number of carbonyl (C=O) groups excluding carboxylic acids is 1. The predicted molar refractivity (Wildman–Crippen MR) is 111 cm³/mol. The van der Waals surface area contributed by atoms with E-state index in [4.69, 9.17) is 4.74 Å². The Bertz CT molecular complexity index is 989. The standard InChI is InChI=1S/C23H22F2N2O3/c1-27(17-8-4-3-5-9-17)21-11-6-10-20(26-21)16-14-18(24)23(19(25)15-16)30-13-7-12-22(28)29-2/h3-6,8-11,14-15H,7,12-13H2,1-2H3. The van der Waals surface area contributed by atoms with Gasteiger partial charge in [-0.15, -0.1) is 0 Å². The van der Waals surface area contributed by atoms with Crippen LogP contribution in [0, 0.1) is 11.6 Å². The van der Waals surface area contributed by atoms with Gasteiger partial charge in [-0.1, -0.05) is 24.3 Å². The van der Waals surface area contributed by atoms with Crippen LogP contribution < -0.4 is 9.64 Å². The zero-order valence-electron chi connectivity index (χ0n) is 16.8. The molecule has 1 heterocycles. The van der Waals surface area contributed by atoms with Gasteiger partial charge < -0.3 is 14.4 Å². The third-order valence-corrected chi connectivity index (χ3v) is 4.51. The molecule has 0 N–H and O–H groups in total. The third kappa shape index (κ3) is 5.11. The highest BCUT2D eigenvalue weighted by Crippen LogP contribution is 2.30. The number of hydrogen-bond acceptors (Lipinski definition) is 5. The molecule has 2 aromatic carbocycles. The molecular weight excluding hydrogens is 390 g/mol. The highest BCUT2D eigenvalue weighted by atomic mass is 19.1. The maximum absolute atomic E-state index is 14.5. The summed E-state index contributed by atoms with van der Waals surface area (Å²) >= 11 is 0. The first-order valence-corrected chi connectivity index (χ1v) is 9.44. The number of anilines is 2. The van der Waals surface area contributed by atoms with Crippen LogP contribution in [-0.4, -0.2) is 31.7 Å². The summed E-state index contributed by atoms with van der Waals surface area (Å²) in [5.74, 6) is -1.89. The number of methoxy groups -OCH3 is 1. The van der Waals surface area contributed by atoms with E-state index in [1.54, 1.807) is 12.1 Å². The highest BCUT2D eigenvalue weighted by Gasteiger charge is 2.15. The number of halogens is 2. The number of pyridine rings is 1. The van der Waals surface area contributed by atoms with E-state index in [-0.39, 0.29) is 13.0 Å². The second-order valence-electron chi connectivity index (χ2n) is 6.57. The molecule has 0 unspecified atom stereocenters. The van der Waals surface area contributed by atoms with Gasteiger partial charge >= 0.3 is 5.97 Å². The number of esters is 1. The Kier molecular flexibility index (Phi) is 6.95. The number of para-hydroxylation sites is 1. The lowest BCUT2D eigenvalue weighted by Gasteiger charge is -2.19. The zero-order chi connectivity index (χ0) is 21.5. The summed E-state index contributed by atoms with van der Waals surface area (Å²) in [4.78, 5) is 17.5. The second-order valence-corrected chi connectivity index (χ2v) is 6.57. The molecule has 0 bridgehead atoms. The van der Waals surface area contributed by atoms with E-state index in [9.17, 15) is 13.6 Å². The number of benzene rings is 2. The van der Waals surface area contributed by atoms with E-state index in [2.05, 4.69) is 9.72 Å². The van der Waals surface area contributed by atoms with Crippen molar-refractivity contribution in [3.05, 3.63) is 72.3 Å². The molecule has 5 nitrogen and oxygen atoms in total. The maximum Gasteiger partial charge on any atom is 0.305 e. The first-order valence-electron chi connectivity index (χ1n) is 9.44. The molecule has 7 heteroatoms. The van der Waals surface area contributed by atoms with Crippen LogP contribution in [0.2, 0.25) is 0 Å². The van der Waals surface area contributed by atoms with E-state index >= 15 is 0 Å². The van der Waals surface area contributed by atoms with Crippen molar-refractivity contribution in [3.63, 3.8) is 0 Å². The summed E-state index contributed by atoms with van der Waals surface area (Å²) in [6.07, 6.45) is 0.409. The summed E-state index contributed by atoms with van der Waals surface area (Å²) < 4.78 is 38.7. The van der Waals surface area contributed by atoms with Crippen LogP contribution in [0.15, 0.2) is 60.7 Å². The number of nitrogens with zero attached hydrogens (tertiary/aromatic N) is 2. The molecule has 0 amide bonds. The minimum Gasteiger partial charge on any atom is -0.488 e.